The predicted octanol–water partition coefficient (Wildman–Crippen LogP) is 5.14. The van der Waals surface area contributed by atoms with E-state index < -0.39 is 0 Å². The molecular weight excluding hydrogens is 352 g/mol. The standard InChI is InChI=1S/C14H11BrCl2FN/c15-10-3-9(4-11(16)6-10)14(19)5-8-1-2-12(18)7-13(8)17/h1-4,6-7,14H,5,19H2. The zero-order chi connectivity index (χ0) is 14.0. The molecule has 1 nitrogen and oxygen atoms in total. The lowest BCUT2D eigenvalue weighted by molar-refractivity contribution is 0.625. The molecule has 5 heteroatoms. The van der Waals surface area contributed by atoms with Crippen LogP contribution in [0.3, 0.4) is 0 Å². The third kappa shape index (κ3) is 3.93. The van der Waals surface area contributed by atoms with Crippen molar-refractivity contribution in [3.05, 3.63) is 67.9 Å². The summed E-state index contributed by atoms with van der Waals surface area (Å²) in [4.78, 5) is 0. The molecule has 19 heavy (non-hydrogen) atoms. The minimum Gasteiger partial charge on any atom is -0.324 e. The Morgan fingerprint density at radius 1 is 1.16 bits per heavy atom. The molecule has 0 radical (unpaired) electrons. The van der Waals surface area contributed by atoms with E-state index in [2.05, 4.69) is 15.9 Å². The van der Waals surface area contributed by atoms with Crippen molar-refractivity contribution in [1.82, 2.24) is 0 Å². The zero-order valence-corrected chi connectivity index (χ0v) is 12.9. The average molecular weight is 363 g/mol. The quantitative estimate of drug-likeness (QED) is 0.803. The third-order valence-electron chi connectivity index (χ3n) is 2.77. The second-order valence-electron chi connectivity index (χ2n) is 4.25. The molecule has 2 N–H and O–H groups in total. The summed E-state index contributed by atoms with van der Waals surface area (Å²) in [7, 11) is 0. The van der Waals surface area contributed by atoms with E-state index in [1.54, 1.807) is 12.1 Å². The molecule has 2 rings (SSSR count). The Balaban J connectivity index is 2.22. The van der Waals surface area contributed by atoms with E-state index in [1.165, 1.54) is 12.1 Å². The molecule has 0 aromatic heterocycles. The van der Waals surface area contributed by atoms with Crippen molar-refractivity contribution >= 4 is 39.1 Å². The first-order valence-corrected chi connectivity index (χ1v) is 7.16. The van der Waals surface area contributed by atoms with Gasteiger partial charge in [0, 0.05) is 20.6 Å². The summed E-state index contributed by atoms with van der Waals surface area (Å²) in [6, 6.07) is 9.58. The highest BCUT2D eigenvalue weighted by atomic mass is 79.9. The van der Waals surface area contributed by atoms with Gasteiger partial charge in [-0.15, -0.1) is 0 Å². The Kier molecular flexibility index (Phi) is 4.85. The Hall–Kier alpha value is -0.610. The molecule has 0 saturated carbocycles. The van der Waals surface area contributed by atoms with Gasteiger partial charge in [-0.3, -0.25) is 0 Å². The van der Waals surface area contributed by atoms with Crippen molar-refractivity contribution in [1.29, 1.82) is 0 Å². The number of hydrogen-bond acceptors (Lipinski definition) is 1. The molecule has 0 spiro atoms. The van der Waals surface area contributed by atoms with Crippen molar-refractivity contribution in [2.24, 2.45) is 5.73 Å². The van der Waals surface area contributed by atoms with Crippen LogP contribution in [0.4, 0.5) is 4.39 Å². The molecule has 0 aliphatic rings. The van der Waals surface area contributed by atoms with E-state index in [-0.39, 0.29) is 11.9 Å². The number of rotatable bonds is 3. The number of nitrogens with two attached hydrogens (primary N) is 1. The molecule has 0 aliphatic carbocycles. The summed E-state index contributed by atoms with van der Waals surface area (Å²) in [6.07, 6.45) is 0.520. The van der Waals surface area contributed by atoms with Gasteiger partial charge in [0.2, 0.25) is 0 Å². The fraction of sp³-hybridized carbons (Fsp3) is 0.143. The van der Waals surface area contributed by atoms with Crippen LogP contribution >= 0.6 is 39.1 Å². The minimum absolute atomic E-state index is 0.252. The summed E-state index contributed by atoms with van der Waals surface area (Å²) in [5.41, 5.74) is 7.85. The van der Waals surface area contributed by atoms with Crippen LogP contribution in [-0.4, -0.2) is 0 Å². The van der Waals surface area contributed by atoms with Gasteiger partial charge in [-0.2, -0.15) is 0 Å². The van der Waals surface area contributed by atoms with Crippen molar-refractivity contribution in [2.75, 3.05) is 0 Å². The lowest BCUT2D eigenvalue weighted by atomic mass is 10.00. The Morgan fingerprint density at radius 3 is 2.53 bits per heavy atom. The normalized spacial score (nSPS) is 12.5. The van der Waals surface area contributed by atoms with E-state index in [1.807, 2.05) is 12.1 Å². The molecule has 0 aliphatic heterocycles. The van der Waals surface area contributed by atoms with Gasteiger partial charge in [-0.05, 0) is 47.9 Å². The van der Waals surface area contributed by atoms with Crippen LogP contribution in [0.15, 0.2) is 40.9 Å². The first-order chi connectivity index (χ1) is 8.95. The molecular formula is C14H11BrCl2FN. The first-order valence-electron chi connectivity index (χ1n) is 5.61. The number of hydrogen-bond donors (Lipinski definition) is 1. The third-order valence-corrected chi connectivity index (χ3v) is 3.80. The van der Waals surface area contributed by atoms with Gasteiger partial charge in [-0.1, -0.05) is 45.2 Å². The summed E-state index contributed by atoms with van der Waals surface area (Å²) >= 11 is 15.4. The Bertz CT molecular complexity index is 584. The second-order valence-corrected chi connectivity index (χ2v) is 6.01. The summed E-state index contributed by atoms with van der Waals surface area (Å²) in [5.74, 6) is -0.354. The molecule has 100 valence electrons. The molecule has 0 fully saturated rings. The van der Waals surface area contributed by atoms with E-state index >= 15 is 0 Å². The molecule has 0 amide bonds. The lowest BCUT2D eigenvalue weighted by Gasteiger charge is -2.14. The Morgan fingerprint density at radius 2 is 1.89 bits per heavy atom. The highest BCUT2D eigenvalue weighted by Crippen LogP contribution is 2.27. The summed E-state index contributed by atoms with van der Waals surface area (Å²) < 4.78 is 13.8. The van der Waals surface area contributed by atoms with Gasteiger partial charge < -0.3 is 5.73 Å². The molecule has 1 unspecified atom stereocenters. The predicted molar refractivity (Wildman–Crippen MR) is 81.2 cm³/mol. The van der Waals surface area contributed by atoms with Gasteiger partial charge in [0.25, 0.3) is 0 Å². The first kappa shape index (κ1) is 14.8. The molecule has 2 aromatic carbocycles. The minimum atomic E-state index is -0.354. The topological polar surface area (TPSA) is 26.0 Å². The van der Waals surface area contributed by atoms with E-state index in [0.29, 0.717) is 16.5 Å². The van der Waals surface area contributed by atoms with Crippen LogP contribution in [0.2, 0.25) is 10.0 Å². The monoisotopic (exact) mass is 361 g/mol. The molecule has 1 atom stereocenters. The SMILES string of the molecule is NC(Cc1ccc(F)cc1Cl)c1cc(Cl)cc(Br)c1. The zero-order valence-electron chi connectivity index (χ0n) is 9.84. The highest BCUT2D eigenvalue weighted by molar-refractivity contribution is 9.10. The van der Waals surface area contributed by atoms with E-state index in [0.717, 1.165) is 15.6 Å². The van der Waals surface area contributed by atoms with Gasteiger partial charge >= 0.3 is 0 Å². The van der Waals surface area contributed by atoms with Crippen LogP contribution in [0.5, 0.6) is 0 Å². The van der Waals surface area contributed by atoms with Crippen LogP contribution < -0.4 is 5.73 Å². The van der Waals surface area contributed by atoms with Crippen LogP contribution in [0.25, 0.3) is 0 Å². The van der Waals surface area contributed by atoms with Crippen molar-refractivity contribution in [3.8, 4) is 0 Å². The highest BCUT2D eigenvalue weighted by Gasteiger charge is 2.11. The molecule has 0 bridgehead atoms. The largest absolute Gasteiger partial charge is 0.324 e. The summed E-state index contributed by atoms with van der Waals surface area (Å²) in [6.45, 7) is 0. The maximum atomic E-state index is 13.0. The van der Waals surface area contributed by atoms with E-state index in [4.69, 9.17) is 28.9 Å². The smallest absolute Gasteiger partial charge is 0.124 e. The molecule has 2 aromatic rings. The molecule has 0 saturated heterocycles. The second kappa shape index (κ2) is 6.23. The van der Waals surface area contributed by atoms with Gasteiger partial charge in [0.05, 0.1) is 0 Å². The van der Waals surface area contributed by atoms with Gasteiger partial charge in [0.15, 0.2) is 0 Å². The van der Waals surface area contributed by atoms with Crippen LogP contribution in [0, 0.1) is 5.82 Å². The maximum absolute atomic E-state index is 13.0. The molecule has 0 heterocycles. The van der Waals surface area contributed by atoms with Crippen molar-refractivity contribution < 1.29 is 4.39 Å². The average Bonchev–Trinajstić information content (AvgIpc) is 2.31. The van der Waals surface area contributed by atoms with Crippen LogP contribution in [-0.2, 0) is 6.42 Å². The van der Waals surface area contributed by atoms with Crippen LogP contribution in [0.1, 0.15) is 17.2 Å². The maximum Gasteiger partial charge on any atom is 0.124 e. The Labute approximate surface area is 129 Å². The summed E-state index contributed by atoms with van der Waals surface area (Å²) in [5, 5.41) is 1.00. The fourth-order valence-corrected chi connectivity index (χ4v) is 2.96. The van der Waals surface area contributed by atoms with E-state index in [9.17, 15) is 4.39 Å². The van der Waals surface area contributed by atoms with Crippen molar-refractivity contribution in [3.63, 3.8) is 0 Å². The number of halogens is 4. The van der Waals surface area contributed by atoms with Crippen molar-refractivity contribution in [2.45, 2.75) is 12.5 Å². The van der Waals surface area contributed by atoms with Gasteiger partial charge in [0.1, 0.15) is 5.82 Å². The fourth-order valence-electron chi connectivity index (χ4n) is 1.83. The number of benzene rings is 2. The lowest BCUT2D eigenvalue weighted by Crippen LogP contribution is -2.13. The van der Waals surface area contributed by atoms with Gasteiger partial charge in [-0.25, -0.2) is 4.39 Å².